The molecule has 0 aliphatic carbocycles. The number of nitrogens with one attached hydrogen (secondary N) is 2. The van der Waals surface area contributed by atoms with E-state index in [0.717, 1.165) is 75.5 Å². The quantitative estimate of drug-likeness (QED) is 0.0844. The fraction of sp³-hybridized carbons (Fsp3) is 0.277. The summed E-state index contributed by atoms with van der Waals surface area (Å²) in [6.45, 7) is 8.41. The molecule has 0 amide bonds. The van der Waals surface area contributed by atoms with Crippen LogP contribution in [0.25, 0.3) is 11.3 Å². The van der Waals surface area contributed by atoms with Crippen LogP contribution in [0.3, 0.4) is 0 Å². The van der Waals surface area contributed by atoms with E-state index in [-0.39, 0.29) is 7.43 Å². The van der Waals surface area contributed by atoms with E-state index >= 15 is 0 Å². The summed E-state index contributed by atoms with van der Waals surface area (Å²) in [6.07, 6.45) is 6.16. The minimum atomic E-state index is -1.48. The first kappa shape index (κ1) is 44.9. The van der Waals surface area contributed by atoms with Crippen LogP contribution in [0.5, 0.6) is 0 Å². The predicted octanol–water partition coefficient (Wildman–Crippen LogP) is 7.28. The smallest absolute Gasteiger partial charge is 0.423 e. The third-order valence-corrected chi connectivity index (χ3v) is 10.8. The highest BCUT2D eigenvalue weighted by Crippen LogP contribution is 2.18. The molecule has 0 unspecified atom stereocenters. The Bertz CT molecular complexity index is 2030. The molecule has 302 valence electrons. The van der Waals surface area contributed by atoms with Gasteiger partial charge in [-0.3, -0.25) is 14.8 Å². The van der Waals surface area contributed by atoms with E-state index in [4.69, 9.17) is 21.6 Å². The van der Waals surface area contributed by atoms with Crippen molar-refractivity contribution < 1.29 is 10.0 Å². The number of halogens is 2. The van der Waals surface area contributed by atoms with Crippen molar-refractivity contribution in [2.75, 3.05) is 39.3 Å². The van der Waals surface area contributed by atoms with Gasteiger partial charge in [0, 0.05) is 92.9 Å². The fourth-order valence-electron chi connectivity index (χ4n) is 7.15. The van der Waals surface area contributed by atoms with Crippen LogP contribution in [-0.2, 0) is 25.9 Å². The summed E-state index contributed by atoms with van der Waals surface area (Å²) in [4.78, 5) is 14.0. The third kappa shape index (κ3) is 14.9. The monoisotopic (exact) mass is 860 g/mol. The maximum absolute atomic E-state index is 8.68. The van der Waals surface area contributed by atoms with Crippen molar-refractivity contribution in [1.82, 2.24) is 30.4 Å². The first-order valence-corrected chi connectivity index (χ1v) is 20.8. The van der Waals surface area contributed by atoms with Crippen molar-refractivity contribution in [3.8, 4) is 11.3 Å². The van der Waals surface area contributed by atoms with Crippen molar-refractivity contribution >= 4 is 40.1 Å². The second-order valence-electron chi connectivity index (χ2n) is 14.5. The van der Waals surface area contributed by atoms with Crippen LogP contribution in [0.15, 0.2) is 157 Å². The van der Waals surface area contributed by atoms with Gasteiger partial charge in [-0.05, 0) is 69.2 Å². The van der Waals surface area contributed by atoms with E-state index in [2.05, 4.69) is 149 Å². The average Bonchev–Trinajstić information content (AvgIpc) is 3.24. The van der Waals surface area contributed by atoms with Crippen LogP contribution in [0.1, 0.15) is 29.7 Å². The third-order valence-electron chi connectivity index (χ3n) is 10.0. The first-order chi connectivity index (χ1) is 27.9. The summed E-state index contributed by atoms with van der Waals surface area (Å²) >= 11 is 8.98. The molecule has 2 aromatic heterocycles. The molecule has 0 saturated carbocycles. The highest BCUT2D eigenvalue weighted by Gasteiger charge is 2.21. The van der Waals surface area contributed by atoms with Crippen LogP contribution >= 0.6 is 27.5 Å². The Morgan fingerprint density at radius 3 is 1.53 bits per heavy atom. The Balaban J connectivity index is 0.000000179. The van der Waals surface area contributed by atoms with Gasteiger partial charge in [0.15, 0.2) is 0 Å². The molecule has 0 radical (unpaired) electrons. The highest BCUT2D eigenvalue weighted by molar-refractivity contribution is 9.10. The molecule has 2 aliphatic heterocycles. The van der Waals surface area contributed by atoms with E-state index in [1.807, 2.05) is 24.5 Å². The van der Waals surface area contributed by atoms with Crippen LogP contribution in [0.4, 0.5) is 0 Å². The molecule has 58 heavy (non-hydrogen) atoms. The molecule has 0 spiro atoms. The molecule has 4 N–H and O–H groups in total. The largest absolute Gasteiger partial charge is 0.489 e. The van der Waals surface area contributed by atoms with Crippen molar-refractivity contribution in [3.05, 3.63) is 184 Å². The summed E-state index contributed by atoms with van der Waals surface area (Å²) in [6, 6.07) is 48.0. The lowest BCUT2D eigenvalue weighted by molar-refractivity contribution is 0.191. The minimum Gasteiger partial charge on any atom is -0.423 e. The average molecular weight is 862 g/mol. The molecule has 4 aromatic carbocycles. The number of aromatic nitrogens is 2. The van der Waals surface area contributed by atoms with Gasteiger partial charge in [0.1, 0.15) is 4.60 Å². The van der Waals surface area contributed by atoms with Gasteiger partial charge >= 0.3 is 7.12 Å². The van der Waals surface area contributed by atoms with Crippen molar-refractivity contribution in [1.29, 1.82) is 0 Å². The lowest BCUT2D eigenvalue weighted by atomic mass is 9.80. The summed E-state index contributed by atoms with van der Waals surface area (Å²) in [7, 11) is -1.48. The Morgan fingerprint density at radius 2 is 1.09 bits per heavy atom. The maximum Gasteiger partial charge on any atom is 0.489 e. The predicted molar refractivity (Wildman–Crippen MR) is 244 cm³/mol. The van der Waals surface area contributed by atoms with Crippen LogP contribution in [0, 0.1) is 0 Å². The molecule has 2 aliphatic rings. The number of piperazine rings is 2. The molecule has 0 bridgehead atoms. The molecular formula is C47H55BBrClN6O2. The van der Waals surface area contributed by atoms with Crippen molar-refractivity contribution in [3.63, 3.8) is 0 Å². The maximum atomic E-state index is 8.68. The second-order valence-corrected chi connectivity index (χ2v) is 15.7. The Morgan fingerprint density at radius 1 is 0.603 bits per heavy atom. The van der Waals surface area contributed by atoms with Gasteiger partial charge in [-0.15, -0.1) is 0 Å². The number of hydrogen-bond donors (Lipinski definition) is 4. The minimum absolute atomic E-state index is 0. The van der Waals surface area contributed by atoms with E-state index in [9.17, 15) is 0 Å². The summed E-state index contributed by atoms with van der Waals surface area (Å²) in [5, 5.41) is 25.0. The highest BCUT2D eigenvalue weighted by atomic mass is 79.9. The molecule has 2 fully saturated rings. The standard InChI is InChI=1S/C23H25N3.C17H20BrN3.C6H6BClO2.CH4/c1-3-7-19(8-4-1)15-22-18-26(14-13-24-22)17-20-11-12-23(25-16-20)21-9-5-2-6-10-21;18-17-7-6-15(11-20-17)12-21-9-8-19-16(13-21)10-14-4-2-1-3-5-14;8-6-4-2-1-3-5(6)7(9)10;/h1-12,16,22,24H,13-15,17-18H2;1-7,11,16,19H,8-10,12-13H2;1-4,9-10H;1H4/t22-;16-;;/m00../s1. The number of pyridine rings is 2. The van der Waals surface area contributed by atoms with Gasteiger partial charge in [-0.2, -0.15) is 0 Å². The zero-order chi connectivity index (χ0) is 39.7. The lowest BCUT2D eigenvalue weighted by Gasteiger charge is -2.33. The SMILES string of the molecule is Brc1ccc(CN2CCN[C@@H](Cc3ccccc3)C2)cn1.C.OB(O)c1ccccc1Cl.c1ccc(C[C@H]2CN(Cc3ccc(-c4ccccc4)nc3)CCN2)cc1. The van der Waals surface area contributed by atoms with Gasteiger partial charge in [-0.1, -0.05) is 140 Å². The van der Waals surface area contributed by atoms with Crippen molar-refractivity contribution in [2.45, 2.75) is 45.4 Å². The van der Waals surface area contributed by atoms with E-state index in [1.54, 1.807) is 24.3 Å². The molecule has 6 aromatic rings. The van der Waals surface area contributed by atoms with Gasteiger partial charge < -0.3 is 20.7 Å². The Hall–Kier alpha value is -4.23. The van der Waals surface area contributed by atoms with Gasteiger partial charge in [-0.25, -0.2) is 4.98 Å². The summed E-state index contributed by atoms with van der Waals surface area (Å²) in [5.74, 6) is 0. The zero-order valence-electron chi connectivity index (χ0n) is 32.2. The van der Waals surface area contributed by atoms with Gasteiger partial charge in [0.25, 0.3) is 0 Å². The molecule has 8 rings (SSSR count). The first-order valence-electron chi connectivity index (χ1n) is 19.6. The van der Waals surface area contributed by atoms with Crippen molar-refractivity contribution in [2.24, 2.45) is 0 Å². The summed E-state index contributed by atoms with van der Waals surface area (Å²) < 4.78 is 0.897. The normalized spacial score (nSPS) is 16.8. The number of benzene rings is 4. The fourth-order valence-corrected chi connectivity index (χ4v) is 7.61. The van der Waals surface area contributed by atoms with E-state index in [0.29, 0.717) is 22.6 Å². The molecule has 2 atom stereocenters. The number of hydrogen-bond acceptors (Lipinski definition) is 8. The number of nitrogens with zero attached hydrogens (tertiary/aromatic N) is 4. The Kier molecular flexibility index (Phi) is 18.6. The Labute approximate surface area is 358 Å². The van der Waals surface area contributed by atoms with Gasteiger partial charge in [0.2, 0.25) is 0 Å². The second kappa shape index (κ2) is 24.0. The zero-order valence-corrected chi connectivity index (χ0v) is 34.5. The van der Waals surface area contributed by atoms with Crippen LogP contribution in [-0.4, -0.2) is 88.3 Å². The lowest BCUT2D eigenvalue weighted by Crippen LogP contribution is -2.51. The van der Waals surface area contributed by atoms with Gasteiger partial charge in [0.05, 0.1) is 5.69 Å². The summed E-state index contributed by atoms with van der Waals surface area (Å²) in [5.41, 5.74) is 7.91. The molecule has 2 saturated heterocycles. The molecular weight excluding hydrogens is 807 g/mol. The molecule has 11 heteroatoms. The van der Waals surface area contributed by atoms with E-state index < -0.39 is 7.12 Å². The number of rotatable bonds is 10. The van der Waals surface area contributed by atoms with Crippen LogP contribution < -0.4 is 16.1 Å². The molecule has 8 nitrogen and oxygen atoms in total. The topological polar surface area (TPSA) is 96.8 Å². The molecule has 4 heterocycles. The van der Waals surface area contributed by atoms with E-state index in [1.165, 1.54) is 27.8 Å². The van der Waals surface area contributed by atoms with Crippen LogP contribution in [0.2, 0.25) is 5.02 Å².